The zero-order chi connectivity index (χ0) is 27.6. The Labute approximate surface area is 230 Å². The molecule has 0 radical (unpaired) electrons. The standard InChI is InChI=1S/C27H25BrN2O7S/c1-6-36-26(33)22-14(2)29-27-30(23(22)17-7-9-18(34-4)10-8-17)25(32)21(38-27)13-16-11-19(28)24(37-15(3)31)20(12-16)35-5/h7-13,23H,6H2,1-5H3/b21-13-/t23-/m0/s1. The molecule has 1 aliphatic heterocycles. The molecule has 0 bridgehead atoms. The van der Waals surface area contributed by atoms with Gasteiger partial charge in [0, 0.05) is 6.92 Å². The summed E-state index contributed by atoms with van der Waals surface area (Å²) in [7, 11) is 3.03. The second-order valence-electron chi connectivity index (χ2n) is 8.20. The Balaban J connectivity index is 1.91. The molecule has 0 aliphatic carbocycles. The average molecular weight is 601 g/mol. The third-order valence-electron chi connectivity index (χ3n) is 5.74. The van der Waals surface area contributed by atoms with Gasteiger partial charge in [-0.3, -0.25) is 14.2 Å². The number of allylic oxidation sites excluding steroid dienone is 1. The summed E-state index contributed by atoms with van der Waals surface area (Å²) < 4.78 is 23.6. The van der Waals surface area contributed by atoms with E-state index < -0.39 is 18.0 Å². The maximum atomic E-state index is 13.8. The maximum absolute atomic E-state index is 13.8. The van der Waals surface area contributed by atoms with Crippen LogP contribution in [0, 0.1) is 0 Å². The summed E-state index contributed by atoms with van der Waals surface area (Å²) in [5.41, 5.74) is 1.81. The van der Waals surface area contributed by atoms with E-state index >= 15 is 0 Å². The van der Waals surface area contributed by atoms with Gasteiger partial charge in [0.15, 0.2) is 16.3 Å². The quantitative estimate of drug-likeness (QED) is 0.302. The summed E-state index contributed by atoms with van der Waals surface area (Å²) >= 11 is 4.61. The summed E-state index contributed by atoms with van der Waals surface area (Å²) in [6.07, 6.45) is 1.70. The minimum absolute atomic E-state index is 0.190. The zero-order valence-corrected chi connectivity index (χ0v) is 23.8. The molecule has 0 unspecified atom stereocenters. The second-order valence-corrected chi connectivity index (χ2v) is 10.1. The lowest BCUT2D eigenvalue weighted by Crippen LogP contribution is -2.39. The fourth-order valence-electron chi connectivity index (χ4n) is 4.11. The summed E-state index contributed by atoms with van der Waals surface area (Å²) in [5.74, 6) is 0.198. The average Bonchev–Trinajstić information content (AvgIpc) is 3.18. The SMILES string of the molecule is CCOC(=O)C1=C(C)N=c2s/c(=C\c3cc(Br)c(OC(C)=O)c(OC)c3)c(=O)n2[C@H]1c1ccc(OC)cc1. The van der Waals surface area contributed by atoms with Gasteiger partial charge in [0.25, 0.3) is 5.56 Å². The van der Waals surface area contributed by atoms with Crippen LogP contribution in [0.2, 0.25) is 0 Å². The Morgan fingerprint density at radius 2 is 1.87 bits per heavy atom. The van der Waals surface area contributed by atoms with E-state index in [0.717, 1.165) is 0 Å². The molecular formula is C27H25BrN2O7S. The molecule has 1 atom stereocenters. The van der Waals surface area contributed by atoms with E-state index in [-0.39, 0.29) is 17.9 Å². The number of carbonyl (C=O) groups is 2. The van der Waals surface area contributed by atoms with Crippen molar-refractivity contribution in [1.29, 1.82) is 0 Å². The fraction of sp³-hybridized carbons (Fsp3) is 0.259. The number of rotatable bonds is 7. The molecule has 3 aromatic rings. The first-order valence-electron chi connectivity index (χ1n) is 11.6. The second kappa shape index (κ2) is 11.4. The zero-order valence-electron chi connectivity index (χ0n) is 21.4. The minimum atomic E-state index is -0.731. The third-order valence-corrected chi connectivity index (χ3v) is 7.32. The molecule has 0 amide bonds. The van der Waals surface area contributed by atoms with E-state index in [1.54, 1.807) is 51.3 Å². The normalized spacial score (nSPS) is 15.0. The van der Waals surface area contributed by atoms with Crippen LogP contribution in [-0.2, 0) is 14.3 Å². The van der Waals surface area contributed by atoms with Crippen molar-refractivity contribution < 1.29 is 28.5 Å². The predicted molar refractivity (Wildman–Crippen MR) is 145 cm³/mol. The Morgan fingerprint density at radius 3 is 2.47 bits per heavy atom. The van der Waals surface area contributed by atoms with Crippen LogP contribution in [0.25, 0.3) is 6.08 Å². The Kier molecular flexibility index (Phi) is 8.17. The van der Waals surface area contributed by atoms with E-state index in [9.17, 15) is 14.4 Å². The molecule has 198 valence electrons. The van der Waals surface area contributed by atoms with Gasteiger partial charge in [0.05, 0.1) is 47.1 Å². The van der Waals surface area contributed by atoms with E-state index in [2.05, 4.69) is 20.9 Å². The van der Waals surface area contributed by atoms with Gasteiger partial charge < -0.3 is 18.9 Å². The van der Waals surface area contributed by atoms with Crippen LogP contribution in [0.5, 0.6) is 17.2 Å². The number of hydrogen-bond donors (Lipinski definition) is 0. The lowest BCUT2D eigenvalue weighted by atomic mass is 9.96. The first-order chi connectivity index (χ1) is 18.2. The van der Waals surface area contributed by atoms with Crippen molar-refractivity contribution in [1.82, 2.24) is 4.57 Å². The molecule has 1 aliphatic rings. The summed E-state index contributed by atoms with van der Waals surface area (Å²) in [6, 6.07) is 9.83. The van der Waals surface area contributed by atoms with Crippen LogP contribution < -0.4 is 29.1 Å². The van der Waals surface area contributed by atoms with Gasteiger partial charge in [-0.25, -0.2) is 9.79 Å². The lowest BCUT2D eigenvalue weighted by Gasteiger charge is -2.24. The number of benzene rings is 2. The van der Waals surface area contributed by atoms with Crippen molar-refractivity contribution in [3.05, 3.63) is 83.0 Å². The van der Waals surface area contributed by atoms with Gasteiger partial charge in [0.2, 0.25) is 0 Å². The number of methoxy groups -OCH3 is 2. The molecule has 0 spiro atoms. The molecule has 2 aromatic carbocycles. The van der Waals surface area contributed by atoms with Gasteiger partial charge in [0.1, 0.15) is 5.75 Å². The summed E-state index contributed by atoms with van der Waals surface area (Å²) in [5, 5.41) is 0. The number of ether oxygens (including phenoxy) is 4. The first kappa shape index (κ1) is 27.3. The third kappa shape index (κ3) is 5.30. The van der Waals surface area contributed by atoms with Crippen LogP contribution in [0.3, 0.4) is 0 Å². The maximum Gasteiger partial charge on any atom is 0.338 e. The number of esters is 2. The fourth-order valence-corrected chi connectivity index (χ4v) is 5.70. The van der Waals surface area contributed by atoms with E-state index in [4.69, 9.17) is 18.9 Å². The van der Waals surface area contributed by atoms with Crippen molar-refractivity contribution in [2.45, 2.75) is 26.8 Å². The monoisotopic (exact) mass is 600 g/mol. The Morgan fingerprint density at radius 1 is 1.16 bits per heavy atom. The van der Waals surface area contributed by atoms with E-state index in [1.165, 1.54) is 29.9 Å². The van der Waals surface area contributed by atoms with Crippen LogP contribution in [-0.4, -0.2) is 37.3 Å². The van der Waals surface area contributed by atoms with Crippen LogP contribution in [0.1, 0.15) is 37.9 Å². The van der Waals surface area contributed by atoms with Crippen LogP contribution in [0.4, 0.5) is 0 Å². The predicted octanol–water partition coefficient (Wildman–Crippen LogP) is 3.50. The van der Waals surface area contributed by atoms with Crippen molar-refractivity contribution in [3.8, 4) is 17.2 Å². The highest BCUT2D eigenvalue weighted by Crippen LogP contribution is 2.37. The number of nitrogens with zero attached hydrogens (tertiary/aromatic N) is 2. The number of hydrogen-bond acceptors (Lipinski definition) is 9. The summed E-state index contributed by atoms with van der Waals surface area (Å²) in [4.78, 5) is 43.3. The molecule has 1 aromatic heterocycles. The number of carbonyl (C=O) groups excluding carboxylic acids is 2. The summed E-state index contributed by atoms with van der Waals surface area (Å²) in [6.45, 7) is 4.95. The molecule has 0 N–H and O–H groups in total. The van der Waals surface area contributed by atoms with Gasteiger partial charge >= 0.3 is 11.9 Å². The minimum Gasteiger partial charge on any atom is -0.497 e. The highest BCUT2D eigenvalue weighted by Gasteiger charge is 2.33. The molecule has 11 heteroatoms. The van der Waals surface area contributed by atoms with Crippen molar-refractivity contribution in [2.75, 3.05) is 20.8 Å². The van der Waals surface area contributed by atoms with Gasteiger partial charge in [-0.1, -0.05) is 23.5 Å². The number of fused-ring (bicyclic) bond motifs is 1. The number of thiazole rings is 1. The number of aromatic nitrogens is 1. The molecular weight excluding hydrogens is 576 g/mol. The molecule has 0 saturated carbocycles. The van der Waals surface area contributed by atoms with Crippen molar-refractivity contribution in [2.24, 2.45) is 4.99 Å². The highest BCUT2D eigenvalue weighted by molar-refractivity contribution is 9.10. The highest BCUT2D eigenvalue weighted by atomic mass is 79.9. The van der Waals surface area contributed by atoms with E-state index in [1.807, 2.05) is 12.1 Å². The molecule has 4 rings (SSSR count). The van der Waals surface area contributed by atoms with Crippen LogP contribution >= 0.6 is 27.3 Å². The van der Waals surface area contributed by atoms with Gasteiger partial charge in [-0.05, 0) is 71.2 Å². The molecule has 9 nitrogen and oxygen atoms in total. The first-order valence-corrected chi connectivity index (χ1v) is 13.2. The largest absolute Gasteiger partial charge is 0.497 e. The van der Waals surface area contributed by atoms with Crippen molar-refractivity contribution in [3.63, 3.8) is 0 Å². The molecule has 0 fully saturated rings. The van der Waals surface area contributed by atoms with Gasteiger partial charge in [-0.15, -0.1) is 0 Å². The smallest absolute Gasteiger partial charge is 0.338 e. The molecule has 2 heterocycles. The topological polar surface area (TPSA) is 105 Å². The Bertz CT molecular complexity index is 1620. The lowest BCUT2D eigenvalue weighted by molar-refractivity contribution is -0.139. The molecule has 38 heavy (non-hydrogen) atoms. The van der Waals surface area contributed by atoms with Gasteiger partial charge in [-0.2, -0.15) is 0 Å². The van der Waals surface area contributed by atoms with E-state index in [0.29, 0.717) is 47.7 Å². The Hall–Kier alpha value is -3.70. The van der Waals surface area contributed by atoms with Crippen molar-refractivity contribution >= 4 is 45.3 Å². The van der Waals surface area contributed by atoms with Crippen LogP contribution in [0.15, 0.2) is 61.9 Å². The number of halogens is 1. The molecule has 0 saturated heterocycles.